The van der Waals surface area contributed by atoms with Crippen LogP contribution in [-0.2, 0) is 0 Å². The van der Waals surface area contributed by atoms with E-state index in [2.05, 4.69) is 45.0 Å². The second-order valence-electron chi connectivity index (χ2n) is 5.68. The highest BCUT2D eigenvalue weighted by molar-refractivity contribution is 4.86. The van der Waals surface area contributed by atoms with Crippen molar-refractivity contribution in [1.29, 1.82) is 0 Å². The summed E-state index contributed by atoms with van der Waals surface area (Å²) in [4.78, 5) is 2.57. The lowest BCUT2D eigenvalue weighted by atomic mass is 10.1. The summed E-state index contributed by atoms with van der Waals surface area (Å²) in [6, 6.07) is 2.10. The first-order valence-electron chi connectivity index (χ1n) is 7.01. The highest BCUT2D eigenvalue weighted by Crippen LogP contribution is 2.35. The molecule has 2 heteroatoms. The Morgan fingerprint density at radius 1 is 1.25 bits per heavy atom. The Labute approximate surface area is 102 Å². The molecule has 3 atom stereocenters. The predicted molar refractivity (Wildman–Crippen MR) is 71.8 cm³/mol. The molecule has 1 N–H and O–H groups in total. The van der Waals surface area contributed by atoms with Gasteiger partial charge in [-0.3, -0.25) is 0 Å². The summed E-state index contributed by atoms with van der Waals surface area (Å²) < 4.78 is 0. The highest BCUT2D eigenvalue weighted by atomic mass is 15.2. The molecule has 0 saturated heterocycles. The van der Waals surface area contributed by atoms with Crippen molar-refractivity contribution in [2.24, 2.45) is 5.92 Å². The van der Waals surface area contributed by atoms with Gasteiger partial charge in [-0.2, -0.15) is 0 Å². The SMILES string of the molecule is CCCNC(C)CC(C)N(C)C(C)C1CC1. The van der Waals surface area contributed by atoms with E-state index in [9.17, 15) is 0 Å². The predicted octanol–water partition coefficient (Wildman–Crippen LogP) is 2.88. The summed E-state index contributed by atoms with van der Waals surface area (Å²) in [5, 5.41) is 3.58. The average Bonchev–Trinajstić information content (AvgIpc) is 3.07. The Hall–Kier alpha value is -0.0800. The second kappa shape index (κ2) is 6.61. The highest BCUT2D eigenvalue weighted by Gasteiger charge is 2.32. The molecule has 1 aliphatic carbocycles. The van der Waals surface area contributed by atoms with Gasteiger partial charge in [0.05, 0.1) is 0 Å². The first-order chi connectivity index (χ1) is 7.56. The zero-order valence-corrected chi connectivity index (χ0v) is 11.8. The lowest BCUT2D eigenvalue weighted by Gasteiger charge is -2.32. The van der Waals surface area contributed by atoms with Crippen molar-refractivity contribution in [1.82, 2.24) is 10.2 Å². The van der Waals surface area contributed by atoms with E-state index in [-0.39, 0.29) is 0 Å². The van der Waals surface area contributed by atoms with Gasteiger partial charge in [-0.25, -0.2) is 0 Å². The van der Waals surface area contributed by atoms with E-state index in [1.165, 1.54) is 25.7 Å². The third-order valence-corrected chi connectivity index (χ3v) is 4.08. The van der Waals surface area contributed by atoms with Crippen LogP contribution in [0.3, 0.4) is 0 Å². The molecule has 0 heterocycles. The molecule has 1 saturated carbocycles. The molecule has 0 aromatic carbocycles. The quantitative estimate of drug-likeness (QED) is 0.684. The van der Waals surface area contributed by atoms with Crippen molar-refractivity contribution in [2.75, 3.05) is 13.6 Å². The van der Waals surface area contributed by atoms with E-state index in [0.29, 0.717) is 12.1 Å². The maximum Gasteiger partial charge on any atom is 0.00949 e. The Balaban J connectivity index is 2.23. The van der Waals surface area contributed by atoms with Crippen LogP contribution >= 0.6 is 0 Å². The molecule has 0 spiro atoms. The lowest BCUT2D eigenvalue weighted by molar-refractivity contribution is 0.161. The van der Waals surface area contributed by atoms with Crippen molar-refractivity contribution < 1.29 is 0 Å². The van der Waals surface area contributed by atoms with Gasteiger partial charge in [-0.15, -0.1) is 0 Å². The summed E-state index contributed by atoms with van der Waals surface area (Å²) in [5.74, 6) is 0.978. The van der Waals surface area contributed by atoms with E-state index >= 15 is 0 Å². The summed E-state index contributed by atoms with van der Waals surface area (Å²) in [6.45, 7) is 10.4. The van der Waals surface area contributed by atoms with Gasteiger partial charge in [0.25, 0.3) is 0 Å². The molecule has 0 aromatic heterocycles. The maximum absolute atomic E-state index is 3.58. The average molecular weight is 226 g/mol. The maximum atomic E-state index is 3.58. The Bertz CT molecular complexity index is 189. The molecule has 0 radical (unpaired) electrons. The second-order valence-corrected chi connectivity index (χ2v) is 5.68. The minimum atomic E-state index is 0.642. The topological polar surface area (TPSA) is 15.3 Å². The van der Waals surface area contributed by atoms with Crippen LogP contribution < -0.4 is 5.32 Å². The summed E-state index contributed by atoms with van der Waals surface area (Å²) in [7, 11) is 2.29. The number of hydrogen-bond acceptors (Lipinski definition) is 2. The molecule has 0 bridgehead atoms. The molecule has 2 nitrogen and oxygen atoms in total. The van der Waals surface area contributed by atoms with Crippen LogP contribution in [0.1, 0.15) is 53.4 Å². The lowest BCUT2D eigenvalue weighted by Crippen LogP contribution is -2.42. The van der Waals surface area contributed by atoms with Crippen LogP contribution in [0.15, 0.2) is 0 Å². The number of hydrogen-bond donors (Lipinski definition) is 1. The normalized spacial score (nSPS) is 22.1. The standard InChI is InChI=1S/C14H30N2/c1-6-9-15-11(2)10-12(3)16(5)13(4)14-7-8-14/h11-15H,6-10H2,1-5H3. The minimum Gasteiger partial charge on any atom is -0.314 e. The van der Waals surface area contributed by atoms with Crippen molar-refractivity contribution in [3.8, 4) is 0 Å². The molecule has 96 valence electrons. The fourth-order valence-corrected chi connectivity index (χ4v) is 2.46. The molecule has 3 unspecified atom stereocenters. The summed E-state index contributed by atoms with van der Waals surface area (Å²) >= 11 is 0. The summed E-state index contributed by atoms with van der Waals surface area (Å²) in [5.41, 5.74) is 0. The van der Waals surface area contributed by atoms with Crippen LogP contribution in [0.25, 0.3) is 0 Å². The minimum absolute atomic E-state index is 0.642. The molecular weight excluding hydrogens is 196 g/mol. The van der Waals surface area contributed by atoms with E-state index in [1.54, 1.807) is 0 Å². The Kier molecular flexibility index (Phi) is 5.77. The van der Waals surface area contributed by atoms with E-state index in [4.69, 9.17) is 0 Å². The molecule has 1 aliphatic rings. The van der Waals surface area contributed by atoms with Gasteiger partial charge in [0.2, 0.25) is 0 Å². The van der Waals surface area contributed by atoms with Crippen LogP contribution in [0.2, 0.25) is 0 Å². The fourth-order valence-electron chi connectivity index (χ4n) is 2.46. The van der Waals surface area contributed by atoms with Crippen molar-refractivity contribution in [2.45, 2.75) is 71.5 Å². The Morgan fingerprint density at radius 3 is 2.38 bits per heavy atom. The molecule has 1 fully saturated rings. The van der Waals surface area contributed by atoms with Gasteiger partial charge in [0.15, 0.2) is 0 Å². The first kappa shape index (κ1) is 14.0. The van der Waals surface area contributed by atoms with Gasteiger partial charge < -0.3 is 10.2 Å². The van der Waals surface area contributed by atoms with Crippen LogP contribution in [0.5, 0.6) is 0 Å². The third kappa shape index (κ3) is 4.42. The molecule has 1 rings (SSSR count). The molecule has 16 heavy (non-hydrogen) atoms. The van der Waals surface area contributed by atoms with Gasteiger partial charge in [0.1, 0.15) is 0 Å². The van der Waals surface area contributed by atoms with Gasteiger partial charge >= 0.3 is 0 Å². The molecule has 0 amide bonds. The van der Waals surface area contributed by atoms with E-state index in [1.807, 2.05) is 0 Å². The van der Waals surface area contributed by atoms with Crippen LogP contribution in [0.4, 0.5) is 0 Å². The van der Waals surface area contributed by atoms with Crippen molar-refractivity contribution in [3.05, 3.63) is 0 Å². The van der Waals surface area contributed by atoms with E-state index in [0.717, 1.165) is 18.5 Å². The van der Waals surface area contributed by atoms with E-state index < -0.39 is 0 Å². The number of nitrogens with zero attached hydrogens (tertiary/aromatic N) is 1. The smallest absolute Gasteiger partial charge is 0.00949 e. The number of nitrogens with one attached hydrogen (secondary N) is 1. The van der Waals surface area contributed by atoms with Crippen molar-refractivity contribution >= 4 is 0 Å². The number of rotatable bonds is 8. The Morgan fingerprint density at radius 2 is 1.88 bits per heavy atom. The molecule has 0 aliphatic heterocycles. The molecular formula is C14H30N2. The third-order valence-electron chi connectivity index (χ3n) is 4.08. The van der Waals surface area contributed by atoms with Gasteiger partial charge in [-0.1, -0.05) is 6.92 Å². The van der Waals surface area contributed by atoms with Crippen LogP contribution in [0, 0.1) is 5.92 Å². The zero-order chi connectivity index (χ0) is 12.1. The summed E-state index contributed by atoms with van der Waals surface area (Å²) in [6.07, 6.45) is 5.38. The van der Waals surface area contributed by atoms with Crippen LogP contribution in [-0.4, -0.2) is 36.6 Å². The van der Waals surface area contributed by atoms with Crippen molar-refractivity contribution in [3.63, 3.8) is 0 Å². The zero-order valence-electron chi connectivity index (χ0n) is 11.8. The largest absolute Gasteiger partial charge is 0.314 e. The molecule has 0 aromatic rings. The monoisotopic (exact) mass is 226 g/mol. The first-order valence-corrected chi connectivity index (χ1v) is 7.01. The fraction of sp³-hybridized carbons (Fsp3) is 1.00. The van der Waals surface area contributed by atoms with Gasteiger partial charge in [-0.05, 0) is 66.0 Å². The van der Waals surface area contributed by atoms with Gasteiger partial charge in [0, 0.05) is 18.1 Å².